The Hall–Kier alpha value is -2.15. The highest BCUT2D eigenvalue weighted by Gasteiger charge is 2.20. The molecule has 1 aromatic carbocycles. The Labute approximate surface area is 116 Å². The molecule has 1 N–H and O–H groups in total. The van der Waals surface area contributed by atoms with Gasteiger partial charge < -0.3 is 14.6 Å². The fourth-order valence-electron chi connectivity index (χ4n) is 1.58. The van der Waals surface area contributed by atoms with E-state index in [-0.39, 0.29) is 23.6 Å². The number of aliphatic hydroxyl groups excluding tert-OH is 1. The van der Waals surface area contributed by atoms with Crippen molar-refractivity contribution in [2.45, 2.75) is 33.0 Å². The molecule has 0 bridgehead atoms. The lowest BCUT2D eigenvalue weighted by atomic mass is 10.1. The molecule has 1 aromatic rings. The third-order valence-electron chi connectivity index (χ3n) is 2.58. The fraction of sp³-hybridized carbons (Fsp3) is 0.462. The lowest BCUT2D eigenvalue weighted by Gasteiger charge is -2.17. The van der Waals surface area contributed by atoms with Crippen molar-refractivity contribution in [1.29, 1.82) is 0 Å². The van der Waals surface area contributed by atoms with Gasteiger partial charge in [0.05, 0.1) is 17.6 Å². The normalized spacial score (nSPS) is 13.4. The van der Waals surface area contributed by atoms with Crippen LogP contribution in [0, 0.1) is 10.1 Å². The predicted octanol–water partition coefficient (Wildman–Crippen LogP) is 1.98. The number of rotatable bonds is 6. The summed E-state index contributed by atoms with van der Waals surface area (Å²) in [6.45, 7) is 4.87. The molecule has 0 amide bonds. The third kappa shape index (κ3) is 3.92. The standard InChI is InChI=1S/C13H17NO6/c1-4-19-13(16)9(3)20-12-6-5-10(14(17)18)7-11(12)8(2)15/h5-9,15H,4H2,1-3H3. The Morgan fingerprint density at radius 1 is 1.45 bits per heavy atom. The SMILES string of the molecule is CCOC(=O)C(C)Oc1ccc([N+](=O)[O-])cc1C(C)O. The first-order chi connectivity index (χ1) is 9.36. The van der Waals surface area contributed by atoms with Crippen molar-refractivity contribution in [3.63, 3.8) is 0 Å². The van der Waals surface area contributed by atoms with E-state index in [0.29, 0.717) is 0 Å². The lowest BCUT2D eigenvalue weighted by molar-refractivity contribution is -0.385. The zero-order valence-corrected chi connectivity index (χ0v) is 11.5. The van der Waals surface area contributed by atoms with Crippen molar-refractivity contribution in [2.75, 3.05) is 6.61 Å². The summed E-state index contributed by atoms with van der Waals surface area (Å²) in [5.41, 5.74) is 0.0902. The van der Waals surface area contributed by atoms with Gasteiger partial charge in [-0.25, -0.2) is 4.79 Å². The van der Waals surface area contributed by atoms with Crippen LogP contribution in [0.25, 0.3) is 0 Å². The fourth-order valence-corrected chi connectivity index (χ4v) is 1.58. The minimum atomic E-state index is -0.959. The number of nitrogens with zero attached hydrogens (tertiary/aromatic N) is 1. The average molecular weight is 283 g/mol. The third-order valence-corrected chi connectivity index (χ3v) is 2.58. The van der Waals surface area contributed by atoms with E-state index in [1.54, 1.807) is 6.92 Å². The van der Waals surface area contributed by atoms with Gasteiger partial charge >= 0.3 is 5.97 Å². The molecular formula is C13H17NO6. The number of hydrogen-bond acceptors (Lipinski definition) is 6. The Bertz CT molecular complexity index is 500. The van der Waals surface area contributed by atoms with Crippen LogP contribution < -0.4 is 4.74 Å². The van der Waals surface area contributed by atoms with Crippen LogP contribution in [0.5, 0.6) is 5.75 Å². The van der Waals surface area contributed by atoms with E-state index in [4.69, 9.17) is 9.47 Å². The smallest absolute Gasteiger partial charge is 0.347 e. The predicted molar refractivity (Wildman–Crippen MR) is 70.5 cm³/mol. The number of carbonyl (C=O) groups is 1. The molecule has 110 valence electrons. The van der Waals surface area contributed by atoms with E-state index in [0.717, 1.165) is 0 Å². The quantitative estimate of drug-likeness (QED) is 0.487. The summed E-state index contributed by atoms with van der Waals surface area (Å²) in [6, 6.07) is 3.83. The Morgan fingerprint density at radius 3 is 2.60 bits per heavy atom. The molecule has 7 nitrogen and oxygen atoms in total. The van der Waals surface area contributed by atoms with Crippen molar-refractivity contribution in [3.8, 4) is 5.75 Å². The monoisotopic (exact) mass is 283 g/mol. The number of nitro groups is 1. The maximum Gasteiger partial charge on any atom is 0.347 e. The van der Waals surface area contributed by atoms with Gasteiger partial charge in [0.1, 0.15) is 5.75 Å². The average Bonchev–Trinajstić information content (AvgIpc) is 2.38. The van der Waals surface area contributed by atoms with E-state index in [1.807, 2.05) is 0 Å². The van der Waals surface area contributed by atoms with Crippen LogP contribution in [0.2, 0.25) is 0 Å². The maximum atomic E-state index is 11.5. The van der Waals surface area contributed by atoms with Crippen LogP contribution in [0.1, 0.15) is 32.4 Å². The number of non-ortho nitro benzene ring substituents is 1. The number of aliphatic hydroxyl groups is 1. The molecule has 0 fully saturated rings. The molecule has 7 heteroatoms. The summed E-state index contributed by atoms with van der Waals surface area (Å²) in [6.07, 6.45) is -1.83. The van der Waals surface area contributed by atoms with Gasteiger partial charge in [0.25, 0.3) is 5.69 Å². The molecule has 0 radical (unpaired) electrons. The van der Waals surface area contributed by atoms with Gasteiger partial charge in [-0.1, -0.05) is 0 Å². The van der Waals surface area contributed by atoms with Gasteiger partial charge in [0.2, 0.25) is 0 Å². The number of esters is 1. The van der Waals surface area contributed by atoms with Crippen LogP contribution in [0.3, 0.4) is 0 Å². The molecule has 0 saturated carbocycles. The summed E-state index contributed by atoms with van der Waals surface area (Å²) in [7, 11) is 0. The van der Waals surface area contributed by atoms with Crippen molar-refractivity contribution in [2.24, 2.45) is 0 Å². The molecule has 0 aliphatic carbocycles. The van der Waals surface area contributed by atoms with Gasteiger partial charge in [-0.2, -0.15) is 0 Å². The van der Waals surface area contributed by atoms with Gasteiger partial charge in [-0.3, -0.25) is 10.1 Å². The zero-order valence-electron chi connectivity index (χ0n) is 11.5. The molecule has 0 saturated heterocycles. The number of ether oxygens (including phenoxy) is 2. The Morgan fingerprint density at radius 2 is 2.10 bits per heavy atom. The van der Waals surface area contributed by atoms with Gasteiger partial charge in [-0.15, -0.1) is 0 Å². The highest BCUT2D eigenvalue weighted by molar-refractivity contribution is 5.74. The first-order valence-electron chi connectivity index (χ1n) is 6.16. The van der Waals surface area contributed by atoms with Crippen LogP contribution in [0.15, 0.2) is 18.2 Å². The highest BCUT2D eigenvalue weighted by Crippen LogP contribution is 2.30. The molecule has 20 heavy (non-hydrogen) atoms. The van der Waals surface area contributed by atoms with Gasteiger partial charge in [-0.05, 0) is 26.8 Å². The first kappa shape index (κ1) is 15.9. The van der Waals surface area contributed by atoms with Crippen LogP contribution >= 0.6 is 0 Å². The van der Waals surface area contributed by atoms with Crippen LogP contribution in [-0.2, 0) is 9.53 Å². The highest BCUT2D eigenvalue weighted by atomic mass is 16.6. The van der Waals surface area contributed by atoms with E-state index in [9.17, 15) is 20.0 Å². The molecule has 0 spiro atoms. The second-order valence-corrected chi connectivity index (χ2v) is 4.17. The number of carbonyl (C=O) groups excluding carboxylic acids is 1. The zero-order chi connectivity index (χ0) is 15.3. The van der Waals surface area contributed by atoms with Crippen molar-refractivity contribution in [3.05, 3.63) is 33.9 Å². The molecule has 1 rings (SSSR count). The second kappa shape index (κ2) is 6.85. The van der Waals surface area contributed by atoms with Crippen molar-refractivity contribution in [1.82, 2.24) is 0 Å². The summed E-state index contributed by atoms with van der Waals surface area (Å²) >= 11 is 0. The first-order valence-corrected chi connectivity index (χ1v) is 6.16. The molecule has 0 aromatic heterocycles. The number of nitro benzene ring substituents is 1. The summed E-state index contributed by atoms with van der Waals surface area (Å²) in [5.74, 6) is -0.325. The molecule has 2 unspecified atom stereocenters. The van der Waals surface area contributed by atoms with E-state index < -0.39 is 23.1 Å². The summed E-state index contributed by atoms with van der Waals surface area (Å²) in [5, 5.41) is 20.4. The molecule has 0 aliphatic heterocycles. The minimum Gasteiger partial charge on any atom is -0.479 e. The maximum absolute atomic E-state index is 11.5. The van der Waals surface area contributed by atoms with E-state index in [1.165, 1.54) is 32.0 Å². The minimum absolute atomic E-state index is 0.156. The number of benzene rings is 1. The van der Waals surface area contributed by atoms with Gasteiger partial charge in [0, 0.05) is 17.7 Å². The largest absolute Gasteiger partial charge is 0.479 e. The molecule has 0 aliphatic rings. The van der Waals surface area contributed by atoms with Crippen molar-refractivity contribution < 1.29 is 24.3 Å². The topological polar surface area (TPSA) is 98.9 Å². The molecule has 0 heterocycles. The van der Waals surface area contributed by atoms with Crippen LogP contribution in [-0.4, -0.2) is 28.7 Å². The lowest BCUT2D eigenvalue weighted by Crippen LogP contribution is -2.26. The Balaban J connectivity index is 3.00. The second-order valence-electron chi connectivity index (χ2n) is 4.17. The van der Waals surface area contributed by atoms with Crippen LogP contribution in [0.4, 0.5) is 5.69 Å². The van der Waals surface area contributed by atoms with E-state index in [2.05, 4.69) is 0 Å². The summed E-state index contributed by atoms with van der Waals surface area (Å²) in [4.78, 5) is 21.6. The molecule has 2 atom stereocenters. The Kier molecular flexibility index (Phi) is 5.45. The van der Waals surface area contributed by atoms with Crippen molar-refractivity contribution >= 4 is 11.7 Å². The molecular weight excluding hydrogens is 266 g/mol. The summed E-state index contributed by atoms with van der Waals surface area (Å²) < 4.78 is 10.2. The number of hydrogen-bond donors (Lipinski definition) is 1. The van der Waals surface area contributed by atoms with Gasteiger partial charge in [0.15, 0.2) is 6.10 Å². The van der Waals surface area contributed by atoms with E-state index >= 15 is 0 Å².